The molecule has 6 aromatic heterocycles. The van der Waals surface area contributed by atoms with Gasteiger partial charge < -0.3 is 0 Å². The van der Waals surface area contributed by atoms with Crippen molar-refractivity contribution < 1.29 is 31.5 Å². The van der Waals surface area contributed by atoms with E-state index in [1.54, 1.807) is 10.6 Å². The van der Waals surface area contributed by atoms with Gasteiger partial charge in [-0.2, -0.15) is 27.4 Å². The number of nitrogens with zero attached hydrogens (tertiary/aromatic N) is 6. The minimum absolute atomic E-state index is 0.370. The van der Waals surface area contributed by atoms with E-state index in [1.165, 1.54) is 185 Å². The summed E-state index contributed by atoms with van der Waals surface area (Å²) in [5.41, 5.74) is 46.8. The quantitative estimate of drug-likeness (QED) is 0.148. The fourth-order valence-corrected chi connectivity index (χ4v) is 14.0. The molecule has 0 fully saturated rings. The molecule has 0 N–H and O–H groups in total. The molecule has 0 radical (unpaired) electrons. The Morgan fingerprint density at radius 3 is 0.981 bits per heavy atom. The van der Waals surface area contributed by atoms with E-state index in [0.29, 0.717) is 5.69 Å². The smallest absolute Gasteiger partial charge is 0.199 e. The lowest BCUT2D eigenvalue weighted by molar-refractivity contribution is -0.667. The summed E-state index contributed by atoms with van der Waals surface area (Å²) in [6, 6.07) is 62.8. The Labute approximate surface area is 626 Å². The van der Waals surface area contributed by atoms with Crippen molar-refractivity contribution in [3.8, 4) is 67.5 Å². The maximum Gasteiger partial charge on any atom is 0.215 e. The van der Waals surface area contributed by atoms with Crippen LogP contribution in [0.15, 0.2) is 176 Å². The Balaban J connectivity index is 0.000000178. The molecule has 6 aromatic carbocycles. The van der Waals surface area contributed by atoms with Crippen molar-refractivity contribution in [1.29, 1.82) is 0 Å². The molecule has 0 atom stereocenters. The third-order valence-corrected chi connectivity index (χ3v) is 21.2. The fraction of sp³-hybridized carbons (Fsp3) is 0.320. The van der Waals surface area contributed by atoms with Gasteiger partial charge in [-0.1, -0.05) is 90.0 Å². The van der Waals surface area contributed by atoms with Crippen LogP contribution in [0.1, 0.15) is 144 Å². The van der Waals surface area contributed by atoms with Crippen molar-refractivity contribution in [3.63, 3.8) is 0 Å². The van der Waals surface area contributed by atoms with E-state index in [-0.39, 0.29) is 0 Å². The molecule has 0 aliphatic rings. The van der Waals surface area contributed by atoms with Gasteiger partial charge in [0.15, 0.2) is 34.2 Å². The van der Waals surface area contributed by atoms with Crippen LogP contribution < -0.4 is 27.4 Å². The molecule has 12 aromatic rings. The number of aryl methyl sites for hydroxylation is 22. The summed E-state index contributed by atoms with van der Waals surface area (Å²) in [7, 11) is 12.5. The molecule has 0 saturated heterocycles. The average molecular weight is 1380 g/mol. The summed E-state index contributed by atoms with van der Waals surface area (Å²) in [6.45, 7) is 49.5. The van der Waals surface area contributed by atoms with Gasteiger partial charge in [-0.25, -0.2) is 0 Å². The first-order valence-electron chi connectivity index (χ1n) is 37.9. The second-order valence-corrected chi connectivity index (χ2v) is 29.4. The van der Waals surface area contributed by atoms with Crippen LogP contribution in [0.4, 0.5) is 0 Å². The zero-order valence-corrected chi connectivity index (χ0v) is 68.4. The van der Waals surface area contributed by atoms with Gasteiger partial charge in [0.25, 0.3) is 0 Å². The third kappa shape index (κ3) is 19.1. The topological polar surface area (TPSA) is 23.3 Å². The first kappa shape index (κ1) is 75.9. The fourth-order valence-electron chi connectivity index (χ4n) is 14.0. The zero-order chi connectivity index (χ0) is 78.8. The lowest BCUT2D eigenvalue weighted by Gasteiger charge is -2.11. The summed E-state index contributed by atoms with van der Waals surface area (Å²) < 4.78 is 36.3. The molecule has 0 aliphatic carbocycles. The predicted octanol–water partition coefficient (Wildman–Crippen LogP) is 20.8. The molecule has 0 spiro atoms. The van der Waals surface area contributed by atoms with Gasteiger partial charge in [0, 0.05) is 139 Å². The van der Waals surface area contributed by atoms with E-state index in [9.17, 15) is 0 Å². The number of aromatic nitrogens is 6. The largest absolute Gasteiger partial charge is 0.215 e. The minimum atomic E-state index is -2.11. The summed E-state index contributed by atoms with van der Waals surface area (Å²) in [4.78, 5) is 0. The zero-order valence-electron chi connectivity index (χ0n) is 71.4. The maximum absolute atomic E-state index is 7.71. The molecule has 6 heterocycles. The van der Waals surface area contributed by atoms with Crippen LogP contribution in [-0.2, 0) is 42.3 Å². The van der Waals surface area contributed by atoms with Gasteiger partial charge in [0.2, 0.25) is 34.2 Å². The highest BCUT2D eigenvalue weighted by Crippen LogP contribution is 2.32. The highest BCUT2D eigenvalue weighted by Gasteiger charge is 2.24. The minimum Gasteiger partial charge on any atom is -0.199 e. The monoisotopic (exact) mass is 1370 g/mol. The lowest BCUT2D eigenvalue weighted by atomic mass is 9.96. The van der Waals surface area contributed by atoms with E-state index < -0.39 is 6.85 Å². The SMILES string of the molecule is Cc1cc(C)[n+](C)c(-c2cccc(C)c2C)c1.Cc1ccc(-c2cc(C)cc(C)[n+]2C)c(C)c1.Cc1ccc(C)c(-c2c(C)ccc(C)[n+]2C)c1.Cc1cccc(C)c1-c1c(C)ccc(C)[n+]1C.Cc1cccc(C)c1-c1c(C)ccc(C)[n+]1C.[2H]C([2H])([2H])c1cc(C)cc(-c2ccc(C)c(C)c2C)[n+]1C. The number of rotatable bonds is 6. The predicted molar refractivity (Wildman–Crippen MR) is 437 cm³/mol. The molecule has 12 rings (SSSR count). The molecular weight excluding hydrogens is 1250 g/mol. The van der Waals surface area contributed by atoms with Crippen LogP contribution in [0.2, 0.25) is 0 Å². The Hall–Kier alpha value is -9.78. The van der Waals surface area contributed by atoms with Crippen molar-refractivity contribution in [2.75, 3.05) is 0 Å². The molecule has 103 heavy (non-hydrogen) atoms. The van der Waals surface area contributed by atoms with Crippen LogP contribution in [0.5, 0.6) is 0 Å². The van der Waals surface area contributed by atoms with E-state index in [4.69, 9.17) is 4.11 Å². The second-order valence-electron chi connectivity index (χ2n) is 29.4. The van der Waals surface area contributed by atoms with Crippen molar-refractivity contribution >= 4 is 0 Å². The van der Waals surface area contributed by atoms with Gasteiger partial charge in [0.05, 0.1) is 11.1 Å². The number of benzene rings is 6. The van der Waals surface area contributed by atoms with Gasteiger partial charge in [-0.05, 0) is 252 Å². The Bertz CT molecular complexity index is 5080. The molecule has 6 nitrogen and oxygen atoms in total. The van der Waals surface area contributed by atoms with Gasteiger partial charge in [-0.3, -0.25) is 0 Å². The van der Waals surface area contributed by atoms with Crippen LogP contribution in [-0.4, -0.2) is 0 Å². The first-order chi connectivity index (χ1) is 49.7. The highest BCUT2D eigenvalue weighted by atomic mass is 15.0. The third-order valence-electron chi connectivity index (χ3n) is 21.2. The summed E-state index contributed by atoms with van der Waals surface area (Å²) in [5.74, 6) is 0. The van der Waals surface area contributed by atoms with Crippen LogP contribution in [0.25, 0.3) is 67.5 Å². The molecule has 0 unspecified atom stereocenters. The van der Waals surface area contributed by atoms with E-state index in [1.807, 2.05) is 20.0 Å². The molecule has 0 aliphatic heterocycles. The Kier molecular flexibility index (Phi) is 25.7. The van der Waals surface area contributed by atoms with Crippen molar-refractivity contribution in [3.05, 3.63) is 316 Å². The summed E-state index contributed by atoms with van der Waals surface area (Å²) >= 11 is 0. The lowest BCUT2D eigenvalue weighted by Crippen LogP contribution is -2.35. The molecule has 6 heteroatoms. The number of pyridine rings is 6. The summed E-state index contributed by atoms with van der Waals surface area (Å²) in [5, 5.41) is 0. The second kappa shape index (κ2) is 34.9. The molecule has 0 amide bonds. The average Bonchev–Trinajstić information content (AvgIpc) is 0.828. The standard InChI is InChI=1S/C17H22N.5C16H20N/c1-11-9-13(3)18(6)17(10-11)16-8-7-12(2)14(4)15(16)5;1-11-6-7-15(13(3)8-11)16-10-12(2)9-14(4)17(16)5;1-11-6-7-12(2)15(10-11)16-13(3)8-9-14(4)17(16)5;1-11-9-13(3)17(5)16(10-11)15-8-6-7-12(2)14(15)4;2*1-11-7-6-8-12(2)15(11)16-13(3)9-10-14(4)17(16)5/h7-10H,1-6H3;5*6-10H,1-5H3/q6*+1/i3D3;;;;;. The van der Waals surface area contributed by atoms with Crippen LogP contribution in [0, 0.1) is 173 Å². The first-order valence-corrected chi connectivity index (χ1v) is 36.4. The van der Waals surface area contributed by atoms with Crippen LogP contribution in [0.3, 0.4) is 0 Å². The molecule has 0 saturated carbocycles. The van der Waals surface area contributed by atoms with Crippen molar-refractivity contribution in [2.24, 2.45) is 42.3 Å². The van der Waals surface area contributed by atoms with Crippen LogP contribution >= 0.6 is 0 Å². The Morgan fingerprint density at radius 2 is 0.534 bits per heavy atom. The molecule has 0 bridgehead atoms. The molecular formula is C97H122N6+6. The Morgan fingerprint density at radius 1 is 0.204 bits per heavy atom. The molecule has 534 valence electrons. The number of hydrogen-bond donors (Lipinski definition) is 0. The van der Waals surface area contributed by atoms with Crippen molar-refractivity contribution in [2.45, 2.75) is 173 Å². The normalized spacial score (nSPS) is 11.2. The van der Waals surface area contributed by atoms with Crippen molar-refractivity contribution in [1.82, 2.24) is 0 Å². The van der Waals surface area contributed by atoms with E-state index in [0.717, 1.165) is 16.8 Å². The maximum atomic E-state index is 7.71. The number of hydrogen-bond acceptors (Lipinski definition) is 0. The van der Waals surface area contributed by atoms with Gasteiger partial charge in [0.1, 0.15) is 42.3 Å². The van der Waals surface area contributed by atoms with E-state index in [2.05, 4.69) is 381 Å². The van der Waals surface area contributed by atoms with Gasteiger partial charge >= 0.3 is 0 Å². The van der Waals surface area contributed by atoms with E-state index >= 15 is 0 Å². The highest BCUT2D eigenvalue weighted by molar-refractivity contribution is 5.70. The van der Waals surface area contributed by atoms with Gasteiger partial charge in [-0.15, -0.1) is 0 Å². The summed E-state index contributed by atoms with van der Waals surface area (Å²) in [6.07, 6.45) is 0.